The largest absolute Gasteiger partial charge is 0.348 e. The molecule has 0 radical (unpaired) electrons. The van der Waals surface area contributed by atoms with Crippen molar-refractivity contribution >= 4 is 18.3 Å². The second-order valence-corrected chi connectivity index (χ2v) is 5.29. The molecule has 1 aromatic rings. The Labute approximate surface area is 126 Å². The van der Waals surface area contributed by atoms with Crippen molar-refractivity contribution in [3.05, 3.63) is 17.0 Å². The van der Waals surface area contributed by atoms with Crippen LogP contribution < -0.4 is 10.6 Å². The van der Waals surface area contributed by atoms with E-state index in [0.29, 0.717) is 0 Å². The summed E-state index contributed by atoms with van der Waals surface area (Å²) in [6.07, 6.45) is 3.20. The first-order valence-corrected chi connectivity index (χ1v) is 7.19. The number of amides is 1. The summed E-state index contributed by atoms with van der Waals surface area (Å²) in [7, 11) is 0. The number of rotatable bonds is 4. The third kappa shape index (κ3) is 3.73. The summed E-state index contributed by atoms with van der Waals surface area (Å²) in [5.41, 5.74) is 2.55. The van der Waals surface area contributed by atoms with E-state index in [1.807, 2.05) is 18.5 Å². The molecule has 20 heavy (non-hydrogen) atoms. The van der Waals surface area contributed by atoms with E-state index in [4.69, 9.17) is 0 Å². The third-order valence-corrected chi connectivity index (χ3v) is 3.68. The van der Waals surface area contributed by atoms with E-state index in [1.165, 1.54) is 0 Å². The van der Waals surface area contributed by atoms with E-state index in [2.05, 4.69) is 22.7 Å². The van der Waals surface area contributed by atoms with Crippen molar-refractivity contribution < 1.29 is 4.79 Å². The zero-order valence-electron chi connectivity index (χ0n) is 12.5. The smallest absolute Gasteiger partial charge is 0.255 e. The molecule has 0 aromatic carbocycles. The monoisotopic (exact) mass is 300 g/mol. The molecule has 0 bridgehead atoms. The van der Waals surface area contributed by atoms with Gasteiger partial charge >= 0.3 is 0 Å². The van der Waals surface area contributed by atoms with Crippen molar-refractivity contribution in [3.63, 3.8) is 0 Å². The molecule has 1 saturated heterocycles. The topological polar surface area (TPSA) is 59.0 Å². The highest BCUT2D eigenvalue weighted by molar-refractivity contribution is 5.96. The van der Waals surface area contributed by atoms with Gasteiger partial charge in [-0.1, -0.05) is 6.92 Å². The Hall–Kier alpha value is -1.07. The Morgan fingerprint density at radius 3 is 2.85 bits per heavy atom. The van der Waals surface area contributed by atoms with Gasteiger partial charge in [-0.3, -0.25) is 9.48 Å². The number of aryl methyl sites for hydroxylation is 2. The fourth-order valence-corrected chi connectivity index (χ4v) is 2.69. The molecule has 1 amide bonds. The molecule has 1 unspecified atom stereocenters. The number of carbonyl (C=O) groups excluding carboxylic acids is 1. The number of piperidine rings is 1. The van der Waals surface area contributed by atoms with Crippen molar-refractivity contribution in [3.8, 4) is 0 Å². The van der Waals surface area contributed by atoms with Gasteiger partial charge in [0.1, 0.15) is 0 Å². The van der Waals surface area contributed by atoms with Crippen LogP contribution in [0.25, 0.3) is 0 Å². The van der Waals surface area contributed by atoms with E-state index in [1.54, 1.807) is 0 Å². The van der Waals surface area contributed by atoms with Gasteiger partial charge in [0.15, 0.2) is 0 Å². The second-order valence-electron chi connectivity index (χ2n) is 5.29. The SMILES string of the molecule is CCCn1nc(C)c(C(=O)NC2CCCNC2)c1C.Cl. The quantitative estimate of drug-likeness (QED) is 0.891. The molecule has 2 rings (SSSR count). The number of aromatic nitrogens is 2. The maximum atomic E-state index is 12.4. The molecule has 1 atom stereocenters. The molecular weight excluding hydrogens is 276 g/mol. The number of halogens is 1. The first-order valence-electron chi connectivity index (χ1n) is 7.19. The second kappa shape index (κ2) is 7.64. The van der Waals surface area contributed by atoms with Crippen LogP contribution in [-0.2, 0) is 6.54 Å². The lowest BCUT2D eigenvalue weighted by atomic mass is 10.1. The van der Waals surface area contributed by atoms with Crippen LogP contribution in [0.15, 0.2) is 0 Å². The predicted octanol–water partition coefficient (Wildman–Crippen LogP) is 1.81. The Balaban J connectivity index is 0.00000200. The minimum atomic E-state index is 0. The fourth-order valence-electron chi connectivity index (χ4n) is 2.69. The summed E-state index contributed by atoms with van der Waals surface area (Å²) in [5, 5.41) is 10.9. The number of nitrogens with zero attached hydrogens (tertiary/aromatic N) is 2. The summed E-state index contributed by atoms with van der Waals surface area (Å²) < 4.78 is 1.93. The van der Waals surface area contributed by atoms with Gasteiger partial charge in [-0.2, -0.15) is 5.10 Å². The van der Waals surface area contributed by atoms with E-state index < -0.39 is 0 Å². The first kappa shape index (κ1) is 17.0. The molecule has 0 aliphatic carbocycles. The Morgan fingerprint density at radius 2 is 2.25 bits per heavy atom. The van der Waals surface area contributed by atoms with Gasteiger partial charge in [0.2, 0.25) is 0 Å². The minimum Gasteiger partial charge on any atom is -0.348 e. The third-order valence-electron chi connectivity index (χ3n) is 3.68. The van der Waals surface area contributed by atoms with Gasteiger partial charge in [-0.25, -0.2) is 0 Å². The maximum absolute atomic E-state index is 12.4. The highest BCUT2D eigenvalue weighted by Gasteiger charge is 2.21. The van der Waals surface area contributed by atoms with Gasteiger partial charge in [0.05, 0.1) is 11.3 Å². The van der Waals surface area contributed by atoms with Crippen molar-refractivity contribution in [1.29, 1.82) is 0 Å². The molecule has 1 fully saturated rings. The van der Waals surface area contributed by atoms with Gasteiger partial charge < -0.3 is 10.6 Å². The molecule has 1 aliphatic rings. The molecule has 1 aromatic heterocycles. The molecule has 1 aliphatic heterocycles. The standard InChI is InChI=1S/C14H24N4O.ClH/c1-4-8-18-11(3)13(10(2)17-18)14(19)16-12-6-5-7-15-9-12;/h12,15H,4-9H2,1-3H3,(H,16,19);1H. The van der Waals surface area contributed by atoms with Gasteiger partial charge in [-0.15, -0.1) is 12.4 Å². The highest BCUT2D eigenvalue weighted by Crippen LogP contribution is 2.14. The van der Waals surface area contributed by atoms with Crippen LogP contribution in [0.5, 0.6) is 0 Å². The molecule has 114 valence electrons. The van der Waals surface area contributed by atoms with Gasteiger partial charge in [0, 0.05) is 24.8 Å². The summed E-state index contributed by atoms with van der Waals surface area (Å²) in [5.74, 6) is 0.0195. The number of nitrogens with one attached hydrogen (secondary N) is 2. The molecule has 0 saturated carbocycles. The lowest BCUT2D eigenvalue weighted by molar-refractivity contribution is 0.0929. The van der Waals surface area contributed by atoms with E-state index >= 15 is 0 Å². The highest BCUT2D eigenvalue weighted by atomic mass is 35.5. The average Bonchev–Trinajstić information content (AvgIpc) is 2.66. The summed E-state index contributed by atoms with van der Waals surface area (Å²) >= 11 is 0. The van der Waals surface area contributed by atoms with Crippen molar-refractivity contribution in [2.24, 2.45) is 0 Å². The summed E-state index contributed by atoms with van der Waals surface area (Å²) in [4.78, 5) is 12.4. The van der Waals surface area contributed by atoms with Crippen molar-refractivity contribution in [1.82, 2.24) is 20.4 Å². The molecule has 5 nitrogen and oxygen atoms in total. The van der Waals surface area contributed by atoms with Gasteiger partial charge in [0.25, 0.3) is 5.91 Å². The molecule has 6 heteroatoms. The maximum Gasteiger partial charge on any atom is 0.255 e. The lowest BCUT2D eigenvalue weighted by Gasteiger charge is -2.23. The Morgan fingerprint density at radius 1 is 1.50 bits per heavy atom. The van der Waals surface area contributed by atoms with E-state index in [9.17, 15) is 4.79 Å². The fraction of sp³-hybridized carbons (Fsp3) is 0.714. The zero-order chi connectivity index (χ0) is 13.8. The zero-order valence-corrected chi connectivity index (χ0v) is 13.3. The van der Waals surface area contributed by atoms with Crippen LogP contribution in [0.3, 0.4) is 0 Å². The van der Waals surface area contributed by atoms with E-state index in [-0.39, 0.29) is 24.4 Å². The molecule has 2 N–H and O–H groups in total. The van der Waals surface area contributed by atoms with Crippen LogP contribution in [-0.4, -0.2) is 34.8 Å². The number of hydrogen-bond donors (Lipinski definition) is 2. The lowest BCUT2D eigenvalue weighted by Crippen LogP contribution is -2.45. The summed E-state index contributed by atoms with van der Waals surface area (Å²) in [6, 6.07) is 0.245. The first-order chi connectivity index (χ1) is 9.13. The number of hydrogen-bond acceptors (Lipinski definition) is 3. The average molecular weight is 301 g/mol. The predicted molar refractivity (Wildman–Crippen MR) is 82.6 cm³/mol. The van der Waals surface area contributed by atoms with Crippen LogP contribution in [0.2, 0.25) is 0 Å². The number of carbonyl (C=O) groups is 1. The summed E-state index contributed by atoms with van der Waals surface area (Å²) in [6.45, 7) is 8.79. The Bertz CT molecular complexity index is 452. The Kier molecular flexibility index (Phi) is 6.49. The van der Waals surface area contributed by atoms with Crippen LogP contribution >= 0.6 is 12.4 Å². The van der Waals surface area contributed by atoms with Crippen LogP contribution in [0.4, 0.5) is 0 Å². The van der Waals surface area contributed by atoms with Crippen LogP contribution in [0, 0.1) is 13.8 Å². The van der Waals surface area contributed by atoms with Crippen molar-refractivity contribution in [2.45, 2.75) is 52.6 Å². The van der Waals surface area contributed by atoms with Crippen LogP contribution in [0.1, 0.15) is 47.9 Å². The molecular formula is C14H25ClN4O. The molecule has 2 heterocycles. The van der Waals surface area contributed by atoms with Crippen molar-refractivity contribution in [2.75, 3.05) is 13.1 Å². The van der Waals surface area contributed by atoms with Gasteiger partial charge in [-0.05, 0) is 39.7 Å². The molecule has 0 spiro atoms. The van der Waals surface area contributed by atoms with E-state index in [0.717, 1.165) is 55.8 Å². The minimum absolute atomic E-state index is 0. The normalized spacial score (nSPS) is 18.4.